The van der Waals surface area contributed by atoms with Crippen LogP contribution in [-0.4, -0.2) is 92.4 Å². The summed E-state index contributed by atoms with van der Waals surface area (Å²) in [5.41, 5.74) is -0.186. The van der Waals surface area contributed by atoms with Gasteiger partial charge < -0.3 is 20.5 Å². The molecule has 3 N–H and O–H groups in total. The maximum atomic E-state index is 14.3. The summed E-state index contributed by atoms with van der Waals surface area (Å²) in [6.45, 7) is 10.0. The monoisotopic (exact) mass is 524 g/mol. The van der Waals surface area contributed by atoms with Crippen molar-refractivity contribution in [2.75, 3.05) is 44.7 Å². The number of carbonyl (C=O) groups is 1. The van der Waals surface area contributed by atoms with Crippen LogP contribution in [0.15, 0.2) is 30.7 Å². The molecule has 4 rings (SSSR count). The van der Waals surface area contributed by atoms with Crippen LogP contribution in [0.4, 0.5) is 10.1 Å². The van der Waals surface area contributed by atoms with Crippen LogP contribution in [0.25, 0.3) is 16.9 Å². The standard InChI is InChI=1S/C26H33FN8O3/c1-25(2,34-5-7-38-8-6-34)16-32-20-10-22(35-23-18(13-33-35)9-17(11-28)12-30-23)29-14-19(20)24(36)31-15-21(27)26(3,4)37/h9-10,12-14,21,37H,5-8,15-16H2,1-4H3,(H,29,32)(H,31,36)/t21-/m1/s1. The summed E-state index contributed by atoms with van der Waals surface area (Å²) in [4.78, 5) is 24.2. The third-order valence-electron chi connectivity index (χ3n) is 6.68. The van der Waals surface area contributed by atoms with Crippen LogP contribution in [0.3, 0.4) is 0 Å². The molecule has 38 heavy (non-hydrogen) atoms. The van der Waals surface area contributed by atoms with Gasteiger partial charge in [0.25, 0.3) is 5.91 Å². The van der Waals surface area contributed by atoms with Gasteiger partial charge in [0, 0.05) is 49.0 Å². The second-order valence-electron chi connectivity index (χ2n) is 10.5. The predicted octanol–water partition coefficient (Wildman–Crippen LogP) is 2.05. The predicted molar refractivity (Wildman–Crippen MR) is 140 cm³/mol. The first-order valence-corrected chi connectivity index (χ1v) is 12.5. The quantitative estimate of drug-likeness (QED) is 0.383. The molecule has 1 aliphatic heterocycles. The summed E-state index contributed by atoms with van der Waals surface area (Å²) in [6.07, 6.45) is 2.82. The topological polar surface area (TPSA) is 141 Å². The smallest absolute Gasteiger partial charge is 0.255 e. The fourth-order valence-corrected chi connectivity index (χ4v) is 4.16. The van der Waals surface area contributed by atoms with Gasteiger partial charge in [-0.25, -0.2) is 14.4 Å². The van der Waals surface area contributed by atoms with Gasteiger partial charge in [-0.15, -0.1) is 0 Å². The van der Waals surface area contributed by atoms with Crippen molar-refractivity contribution in [1.29, 1.82) is 5.26 Å². The molecule has 1 saturated heterocycles. The van der Waals surface area contributed by atoms with Gasteiger partial charge in [-0.1, -0.05) is 0 Å². The number of halogens is 1. The Bertz CT molecular complexity index is 1340. The number of hydrogen-bond acceptors (Lipinski definition) is 9. The number of anilines is 1. The number of ether oxygens (including phenoxy) is 1. The van der Waals surface area contributed by atoms with E-state index in [1.807, 2.05) is 0 Å². The van der Waals surface area contributed by atoms with Crippen LogP contribution >= 0.6 is 0 Å². The maximum absolute atomic E-state index is 14.3. The molecule has 0 aromatic carbocycles. The van der Waals surface area contributed by atoms with Gasteiger partial charge in [-0.3, -0.25) is 9.69 Å². The zero-order valence-corrected chi connectivity index (χ0v) is 22.0. The highest BCUT2D eigenvalue weighted by molar-refractivity contribution is 5.99. The lowest BCUT2D eigenvalue weighted by atomic mass is 10.0. The van der Waals surface area contributed by atoms with E-state index in [1.54, 1.807) is 18.3 Å². The molecule has 0 unspecified atom stereocenters. The van der Waals surface area contributed by atoms with E-state index in [-0.39, 0.29) is 17.6 Å². The number of aromatic nitrogens is 4. The van der Waals surface area contributed by atoms with Crippen LogP contribution in [0.1, 0.15) is 43.6 Å². The number of nitrogens with zero attached hydrogens (tertiary/aromatic N) is 6. The Morgan fingerprint density at radius 2 is 1.95 bits per heavy atom. The van der Waals surface area contributed by atoms with E-state index in [9.17, 15) is 14.3 Å². The molecule has 0 saturated carbocycles. The molecule has 11 nitrogen and oxygen atoms in total. The van der Waals surface area contributed by atoms with Crippen LogP contribution in [0, 0.1) is 11.3 Å². The van der Waals surface area contributed by atoms with E-state index in [0.29, 0.717) is 47.9 Å². The van der Waals surface area contributed by atoms with Gasteiger partial charge in [-0.2, -0.15) is 15.0 Å². The molecular weight excluding hydrogens is 491 g/mol. The van der Waals surface area contributed by atoms with E-state index >= 15 is 0 Å². The van der Waals surface area contributed by atoms with E-state index in [2.05, 4.69) is 50.5 Å². The zero-order valence-electron chi connectivity index (χ0n) is 22.0. The first kappa shape index (κ1) is 27.4. The minimum absolute atomic E-state index is 0.227. The van der Waals surface area contributed by atoms with Gasteiger partial charge in [0.05, 0.1) is 48.4 Å². The molecule has 1 fully saturated rings. The third-order valence-corrected chi connectivity index (χ3v) is 6.68. The fourth-order valence-electron chi connectivity index (χ4n) is 4.16. The van der Waals surface area contributed by atoms with Gasteiger partial charge in [0.2, 0.25) is 0 Å². The minimum Gasteiger partial charge on any atom is -0.387 e. The molecule has 0 aliphatic carbocycles. The van der Waals surface area contributed by atoms with Gasteiger partial charge in [0.1, 0.15) is 12.2 Å². The van der Waals surface area contributed by atoms with Crippen molar-refractivity contribution in [1.82, 2.24) is 30.0 Å². The number of rotatable bonds is 9. The van der Waals surface area contributed by atoms with Crippen molar-refractivity contribution >= 4 is 22.6 Å². The zero-order chi connectivity index (χ0) is 27.5. The summed E-state index contributed by atoms with van der Waals surface area (Å²) < 4.78 is 21.3. The van der Waals surface area contributed by atoms with Crippen molar-refractivity contribution in [2.45, 2.75) is 45.0 Å². The van der Waals surface area contributed by atoms with Gasteiger partial charge >= 0.3 is 0 Å². The van der Waals surface area contributed by atoms with Gasteiger partial charge in [0.15, 0.2) is 11.5 Å². The van der Waals surface area contributed by atoms with Crippen LogP contribution in [0.5, 0.6) is 0 Å². The second kappa shape index (κ2) is 11.0. The SMILES string of the molecule is CC(C)(O)[C@H](F)CNC(=O)c1cnc(-n2ncc3cc(C#N)cnc32)cc1NCC(C)(C)N1CCOCC1. The van der Waals surface area contributed by atoms with Crippen molar-refractivity contribution in [3.8, 4) is 11.9 Å². The van der Waals surface area contributed by atoms with E-state index < -0.39 is 17.7 Å². The highest BCUT2D eigenvalue weighted by Gasteiger charge is 2.30. The number of aliphatic hydroxyl groups is 1. The number of nitrogens with one attached hydrogen (secondary N) is 2. The second-order valence-corrected chi connectivity index (χ2v) is 10.5. The third kappa shape index (κ3) is 6.07. The van der Waals surface area contributed by atoms with Crippen molar-refractivity contribution in [2.24, 2.45) is 0 Å². The molecule has 0 bridgehead atoms. The summed E-state index contributed by atoms with van der Waals surface area (Å²) in [5.74, 6) is -0.106. The van der Waals surface area contributed by atoms with E-state index in [0.717, 1.165) is 13.1 Å². The molecule has 202 valence electrons. The van der Waals surface area contributed by atoms with Crippen molar-refractivity contribution in [3.63, 3.8) is 0 Å². The molecule has 3 aromatic rings. The van der Waals surface area contributed by atoms with Crippen molar-refractivity contribution < 1.29 is 19.0 Å². The Morgan fingerprint density at radius 1 is 1.21 bits per heavy atom. The lowest BCUT2D eigenvalue weighted by Gasteiger charge is -2.41. The number of alkyl halides is 1. The first-order valence-electron chi connectivity index (χ1n) is 12.5. The Hall–Kier alpha value is -3.66. The highest BCUT2D eigenvalue weighted by atomic mass is 19.1. The lowest BCUT2D eigenvalue weighted by Crippen LogP contribution is -2.53. The number of hydrogen-bond donors (Lipinski definition) is 3. The summed E-state index contributed by atoms with van der Waals surface area (Å²) in [5, 5.41) is 30.0. The van der Waals surface area contributed by atoms with Gasteiger partial charge in [-0.05, 0) is 33.8 Å². The van der Waals surface area contributed by atoms with Crippen LogP contribution in [0.2, 0.25) is 0 Å². The Kier molecular flexibility index (Phi) is 7.91. The average Bonchev–Trinajstić information content (AvgIpc) is 3.33. The summed E-state index contributed by atoms with van der Waals surface area (Å²) >= 11 is 0. The molecule has 0 radical (unpaired) electrons. The molecule has 12 heteroatoms. The lowest BCUT2D eigenvalue weighted by molar-refractivity contribution is -0.00569. The minimum atomic E-state index is -1.64. The molecule has 4 heterocycles. The number of amides is 1. The number of nitriles is 1. The largest absolute Gasteiger partial charge is 0.387 e. The highest BCUT2D eigenvalue weighted by Crippen LogP contribution is 2.24. The van der Waals surface area contributed by atoms with Crippen LogP contribution in [-0.2, 0) is 4.74 Å². The number of carbonyl (C=O) groups excluding carboxylic acids is 1. The number of pyridine rings is 2. The summed E-state index contributed by atoms with van der Waals surface area (Å²) in [7, 11) is 0. The normalized spacial score (nSPS) is 15.7. The molecule has 0 spiro atoms. The van der Waals surface area contributed by atoms with Crippen LogP contribution < -0.4 is 10.6 Å². The van der Waals surface area contributed by atoms with Crippen molar-refractivity contribution in [3.05, 3.63) is 41.9 Å². The maximum Gasteiger partial charge on any atom is 0.255 e. The molecule has 3 aromatic heterocycles. The molecule has 1 aliphatic rings. The molecule has 1 amide bonds. The summed E-state index contributed by atoms with van der Waals surface area (Å²) in [6, 6.07) is 5.44. The number of morpholine rings is 1. The first-order chi connectivity index (χ1) is 18.0. The fraction of sp³-hybridized carbons (Fsp3) is 0.500. The molecule has 1 atom stereocenters. The van der Waals surface area contributed by atoms with E-state index in [1.165, 1.54) is 30.9 Å². The average molecular weight is 525 g/mol. The Balaban J connectivity index is 1.64. The number of fused-ring (bicyclic) bond motifs is 1. The molecular formula is C26H33FN8O3. The Morgan fingerprint density at radius 3 is 2.63 bits per heavy atom. The Labute approximate surface area is 220 Å². The van der Waals surface area contributed by atoms with E-state index in [4.69, 9.17) is 10.00 Å².